The van der Waals surface area contributed by atoms with Crippen LogP contribution in [0.5, 0.6) is 5.75 Å². The second kappa shape index (κ2) is 9.59. The number of Topliss-reactive ketones (excluding diaryl/α,β-unsaturated/α-hetero) is 1. The Hall–Kier alpha value is -3.57. The van der Waals surface area contributed by atoms with Crippen LogP contribution in [0.3, 0.4) is 0 Å². The van der Waals surface area contributed by atoms with Crippen molar-refractivity contribution >= 4 is 34.7 Å². The fourth-order valence-electron chi connectivity index (χ4n) is 4.26. The number of aliphatic hydroxyl groups excluding tert-OH is 1. The lowest BCUT2D eigenvalue weighted by atomic mass is 9.87. The van der Waals surface area contributed by atoms with E-state index in [-0.39, 0.29) is 27.3 Å². The van der Waals surface area contributed by atoms with E-state index in [2.05, 4.69) is 20.8 Å². The number of aliphatic hydroxyl groups is 1. The minimum atomic E-state index is -0.816. The van der Waals surface area contributed by atoms with Gasteiger partial charge in [0, 0.05) is 11.3 Å². The van der Waals surface area contributed by atoms with Crippen molar-refractivity contribution in [3.63, 3.8) is 0 Å². The lowest BCUT2D eigenvalue weighted by Crippen LogP contribution is -2.29. The summed E-state index contributed by atoms with van der Waals surface area (Å²) in [5, 5.41) is 11.6. The number of halogens is 1. The van der Waals surface area contributed by atoms with E-state index in [1.165, 1.54) is 4.90 Å². The summed E-state index contributed by atoms with van der Waals surface area (Å²) in [6.45, 7) is 8.61. The van der Waals surface area contributed by atoms with Gasteiger partial charge in [-0.1, -0.05) is 74.8 Å². The Bertz CT molecular complexity index is 1290. The number of benzene rings is 3. The molecule has 4 rings (SSSR count). The van der Waals surface area contributed by atoms with Crippen molar-refractivity contribution in [2.75, 3.05) is 11.5 Å². The first-order valence-corrected chi connectivity index (χ1v) is 11.9. The zero-order valence-corrected chi connectivity index (χ0v) is 21.0. The predicted molar refractivity (Wildman–Crippen MR) is 139 cm³/mol. The third-order valence-corrected chi connectivity index (χ3v) is 6.40. The van der Waals surface area contributed by atoms with Crippen molar-refractivity contribution in [1.29, 1.82) is 0 Å². The summed E-state index contributed by atoms with van der Waals surface area (Å²) in [5.41, 5.74) is 2.53. The van der Waals surface area contributed by atoms with E-state index >= 15 is 0 Å². The summed E-state index contributed by atoms with van der Waals surface area (Å²) < 4.78 is 5.55. The zero-order valence-electron chi connectivity index (χ0n) is 20.2. The van der Waals surface area contributed by atoms with Crippen LogP contribution in [0.25, 0.3) is 5.76 Å². The first kappa shape index (κ1) is 24.6. The average Bonchev–Trinajstić information content (AvgIpc) is 3.10. The maximum atomic E-state index is 13.4. The molecule has 1 aliphatic rings. The Labute approximate surface area is 210 Å². The summed E-state index contributed by atoms with van der Waals surface area (Å²) in [7, 11) is 0. The number of anilines is 1. The average molecular weight is 490 g/mol. The molecular formula is C29H28ClNO4. The smallest absolute Gasteiger partial charge is 0.300 e. The predicted octanol–water partition coefficient (Wildman–Crippen LogP) is 6.66. The van der Waals surface area contributed by atoms with Gasteiger partial charge >= 0.3 is 0 Å². The van der Waals surface area contributed by atoms with Gasteiger partial charge in [-0.2, -0.15) is 0 Å². The molecule has 0 spiro atoms. The topological polar surface area (TPSA) is 66.8 Å². The van der Waals surface area contributed by atoms with Crippen LogP contribution in [0, 0.1) is 0 Å². The molecule has 1 fully saturated rings. The van der Waals surface area contributed by atoms with Crippen LogP contribution < -0.4 is 9.64 Å². The van der Waals surface area contributed by atoms with Gasteiger partial charge in [0.1, 0.15) is 11.5 Å². The van der Waals surface area contributed by atoms with Crippen LogP contribution in [-0.2, 0) is 15.0 Å². The molecule has 0 bridgehead atoms. The van der Waals surface area contributed by atoms with E-state index in [1.807, 2.05) is 61.5 Å². The summed E-state index contributed by atoms with van der Waals surface area (Å²) in [4.78, 5) is 28.1. The Morgan fingerprint density at radius 3 is 2.26 bits per heavy atom. The molecule has 3 aromatic carbocycles. The van der Waals surface area contributed by atoms with E-state index in [0.29, 0.717) is 23.6 Å². The number of rotatable bonds is 5. The van der Waals surface area contributed by atoms with Crippen LogP contribution in [0.1, 0.15) is 50.4 Å². The molecular weight excluding hydrogens is 462 g/mol. The first-order valence-electron chi connectivity index (χ1n) is 11.5. The second-order valence-corrected chi connectivity index (χ2v) is 9.86. The maximum Gasteiger partial charge on any atom is 0.300 e. The molecule has 1 N–H and O–H groups in total. The Morgan fingerprint density at radius 2 is 1.66 bits per heavy atom. The van der Waals surface area contributed by atoms with Gasteiger partial charge in [-0.3, -0.25) is 14.5 Å². The molecule has 1 atom stereocenters. The number of carbonyl (C=O) groups is 2. The zero-order chi connectivity index (χ0) is 25.3. The molecule has 1 amide bonds. The largest absolute Gasteiger partial charge is 0.507 e. The third kappa shape index (κ3) is 4.69. The van der Waals surface area contributed by atoms with Gasteiger partial charge in [0.25, 0.3) is 11.7 Å². The van der Waals surface area contributed by atoms with Crippen molar-refractivity contribution in [3.8, 4) is 5.75 Å². The number of hydrogen-bond donors (Lipinski definition) is 1. The molecule has 0 saturated carbocycles. The van der Waals surface area contributed by atoms with Gasteiger partial charge in [-0.25, -0.2) is 0 Å². The molecule has 180 valence electrons. The number of nitrogens with zero attached hydrogens (tertiary/aromatic N) is 1. The van der Waals surface area contributed by atoms with Crippen molar-refractivity contribution < 1.29 is 19.4 Å². The molecule has 1 heterocycles. The minimum absolute atomic E-state index is 0.0170. The van der Waals surface area contributed by atoms with Crippen LogP contribution in [0.2, 0.25) is 5.02 Å². The van der Waals surface area contributed by atoms with E-state index in [1.54, 1.807) is 18.2 Å². The maximum absolute atomic E-state index is 13.4. The molecule has 1 aliphatic heterocycles. The summed E-state index contributed by atoms with van der Waals surface area (Å²) in [5.74, 6) is -1.31. The standard InChI is InChI=1S/C29H28ClNO4/c1-5-35-21-15-16-23(30)22(17-21)26(32)24-25(18-9-7-6-8-10-18)31(28(34)27(24)33)20-13-11-19(12-14-20)29(2,3)4/h6-17,25,32H,5H2,1-4H3/b26-24+. The first-order chi connectivity index (χ1) is 16.6. The van der Waals surface area contributed by atoms with Gasteiger partial charge in [-0.15, -0.1) is 0 Å². The molecule has 1 saturated heterocycles. The Morgan fingerprint density at radius 1 is 1.00 bits per heavy atom. The lowest BCUT2D eigenvalue weighted by Gasteiger charge is -2.26. The van der Waals surface area contributed by atoms with Gasteiger partial charge in [0.15, 0.2) is 0 Å². The number of ether oxygens (including phenoxy) is 1. The van der Waals surface area contributed by atoms with E-state index in [4.69, 9.17) is 16.3 Å². The summed E-state index contributed by atoms with van der Waals surface area (Å²) in [6, 6.07) is 20.8. The summed E-state index contributed by atoms with van der Waals surface area (Å²) >= 11 is 6.40. The van der Waals surface area contributed by atoms with Crippen molar-refractivity contribution in [2.24, 2.45) is 0 Å². The van der Waals surface area contributed by atoms with Crippen molar-refractivity contribution in [2.45, 2.75) is 39.2 Å². The fraction of sp³-hybridized carbons (Fsp3) is 0.241. The van der Waals surface area contributed by atoms with Gasteiger partial charge < -0.3 is 9.84 Å². The number of hydrogen-bond acceptors (Lipinski definition) is 4. The van der Waals surface area contributed by atoms with Crippen LogP contribution >= 0.6 is 11.6 Å². The molecule has 6 heteroatoms. The second-order valence-electron chi connectivity index (χ2n) is 9.45. The third-order valence-electron chi connectivity index (χ3n) is 6.08. The van der Waals surface area contributed by atoms with Crippen molar-refractivity contribution in [1.82, 2.24) is 0 Å². The fourth-order valence-corrected chi connectivity index (χ4v) is 4.47. The molecule has 0 aliphatic carbocycles. The highest BCUT2D eigenvalue weighted by Crippen LogP contribution is 2.43. The number of amides is 1. The van der Waals surface area contributed by atoms with Crippen LogP contribution in [0.4, 0.5) is 5.69 Å². The van der Waals surface area contributed by atoms with Crippen molar-refractivity contribution in [3.05, 3.63) is 100 Å². The van der Waals surface area contributed by atoms with Crippen LogP contribution in [0.15, 0.2) is 78.4 Å². The SMILES string of the molecule is CCOc1ccc(Cl)c(/C(O)=C2\C(=O)C(=O)N(c3ccc(C(C)(C)C)cc3)C2c2ccccc2)c1. The number of ketones is 1. The number of carbonyl (C=O) groups excluding carboxylic acids is 2. The molecule has 0 aromatic heterocycles. The van der Waals surface area contributed by atoms with E-state index in [0.717, 1.165) is 5.56 Å². The molecule has 5 nitrogen and oxygen atoms in total. The Kier molecular flexibility index (Phi) is 6.73. The lowest BCUT2D eigenvalue weighted by molar-refractivity contribution is -0.132. The summed E-state index contributed by atoms with van der Waals surface area (Å²) in [6.07, 6.45) is 0. The van der Waals surface area contributed by atoms with Crippen LogP contribution in [-0.4, -0.2) is 23.4 Å². The highest BCUT2D eigenvalue weighted by atomic mass is 35.5. The molecule has 0 radical (unpaired) electrons. The minimum Gasteiger partial charge on any atom is -0.507 e. The van der Waals surface area contributed by atoms with E-state index in [9.17, 15) is 14.7 Å². The Balaban J connectivity index is 1.90. The molecule has 35 heavy (non-hydrogen) atoms. The molecule has 3 aromatic rings. The van der Waals surface area contributed by atoms with Gasteiger partial charge in [0.2, 0.25) is 0 Å². The quantitative estimate of drug-likeness (QED) is 0.247. The highest BCUT2D eigenvalue weighted by Gasteiger charge is 2.47. The highest BCUT2D eigenvalue weighted by molar-refractivity contribution is 6.52. The molecule has 1 unspecified atom stereocenters. The van der Waals surface area contributed by atoms with E-state index < -0.39 is 17.7 Å². The monoisotopic (exact) mass is 489 g/mol. The van der Waals surface area contributed by atoms with Gasteiger partial charge in [-0.05, 0) is 53.8 Å². The normalized spacial score (nSPS) is 17.6. The van der Waals surface area contributed by atoms with Gasteiger partial charge in [0.05, 0.1) is 23.2 Å².